The molecule has 3 rings (SSSR count). The molecule has 9 heteroatoms. The van der Waals surface area contributed by atoms with Crippen molar-refractivity contribution in [3.8, 4) is 0 Å². The van der Waals surface area contributed by atoms with E-state index in [1.165, 1.54) is 9.47 Å². The van der Waals surface area contributed by atoms with Crippen LogP contribution in [0.15, 0.2) is 70.6 Å². The number of hydrogen-bond acceptors (Lipinski definition) is 6. The number of carbonyl (C=O) groups excluding carboxylic acids is 2. The highest BCUT2D eigenvalue weighted by Gasteiger charge is 2.21. The summed E-state index contributed by atoms with van der Waals surface area (Å²) in [6.07, 6.45) is 0.667. The van der Waals surface area contributed by atoms with Crippen LogP contribution in [-0.4, -0.2) is 45.5 Å². The molecule has 162 valence electrons. The number of aromatic nitrogens is 3. The van der Waals surface area contributed by atoms with Crippen molar-refractivity contribution in [2.75, 3.05) is 23.8 Å². The SMILES string of the molecule is CCOC(=O)CN(C(=O)CSc1n[nH]c(=O)n1CCc1ccccc1)c1ccccc1. The van der Waals surface area contributed by atoms with E-state index in [0.717, 1.165) is 17.3 Å². The Balaban J connectivity index is 1.68. The number of H-pyrrole nitrogens is 1. The van der Waals surface area contributed by atoms with Gasteiger partial charge in [-0.2, -0.15) is 0 Å². The lowest BCUT2D eigenvalue weighted by atomic mass is 10.1. The van der Waals surface area contributed by atoms with Crippen LogP contribution in [0.25, 0.3) is 0 Å². The van der Waals surface area contributed by atoms with Crippen molar-refractivity contribution in [2.24, 2.45) is 0 Å². The van der Waals surface area contributed by atoms with Crippen molar-refractivity contribution < 1.29 is 14.3 Å². The topological polar surface area (TPSA) is 97.3 Å². The second-order valence-corrected chi connectivity index (χ2v) is 7.55. The number of nitrogens with zero attached hydrogens (tertiary/aromatic N) is 3. The van der Waals surface area contributed by atoms with Crippen LogP contribution in [0.2, 0.25) is 0 Å². The molecule has 0 aliphatic heterocycles. The average molecular weight is 441 g/mol. The highest BCUT2D eigenvalue weighted by molar-refractivity contribution is 7.99. The van der Waals surface area contributed by atoms with Gasteiger partial charge in [0.05, 0.1) is 12.4 Å². The minimum Gasteiger partial charge on any atom is -0.465 e. The third-order valence-corrected chi connectivity index (χ3v) is 5.44. The summed E-state index contributed by atoms with van der Waals surface area (Å²) in [5, 5.41) is 6.92. The first-order valence-corrected chi connectivity index (χ1v) is 10.9. The predicted molar refractivity (Wildman–Crippen MR) is 119 cm³/mol. The van der Waals surface area contributed by atoms with Crippen LogP contribution in [0.4, 0.5) is 5.69 Å². The van der Waals surface area contributed by atoms with Crippen LogP contribution in [0, 0.1) is 0 Å². The molecule has 31 heavy (non-hydrogen) atoms. The van der Waals surface area contributed by atoms with Gasteiger partial charge < -0.3 is 9.64 Å². The normalized spacial score (nSPS) is 10.6. The second-order valence-electron chi connectivity index (χ2n) is 6.61. The van der Waals surface area contributed by atoms with E-state index < -0.39 is 5.97 Å². The molecule has 0 saturated carbocycles. The summed E-state index contributed by atoms with van der Waals surface area (Å²) in [5.74, 6) is -0.747. The molecular weight excluding hydrogens is 416 g/mol. The third kappa shape index (κ3) is 6.32. The van der Waals surface area contributed by atoms with E-state index in [1.807, 2.05) is 36.4 Å². The fraction of sp³-hybridized carbons (Fsp3) is 0.273. The number of aryl methyl sites for hydroxylation is 1. The number of anilines is 1. The highest BCUT2D eigenvalue weighted by atomic mass is 32.2. The van der Waals surface area contributed by atoms with Crippen LogP contribution in [0.5, 0.6) is 0 Å². The molecule has 1 amide bonds. The summed E-state index contributed by atoms with van der Waals surface area (Å²) in [4.78, 5) is 38.5. The zero-order valence-corrected chi connectivity index (χ0v) is 18.0. The Bertz CT molecular complexity index is 1050. The summed E-state index contributed by atoms with van der Waals surface area (Å²) >= 11 is 1.15. The van der Waals surface area contributed by atoms with E-state index in [0.29, 0.717) is 23.8 Å². The molecule has 0 aliphatic rings. The number of hydrogen-bond donors (Lipinski definition) is 1. The van der Waals surface area contributed by atoms with Gasteiger partial charge in [-0.25, -0.2) is 9.89 Å². The third-order valence-electron chi connectivity index (χ3n) is 4.48. The molecule has 0 unspecified atom stereocenters. The maximum Gasteiger partial charge on any atom is 0.343 e. The average Bonchev–Trinajstić information content (AvgIpc) is 3.15. The molecule has 1 aromatic heterocycles. The van der Waals surface area contributed by atoms with E-state index in [4.69, 9.17) is 4.74 Å². The smallest absolute Gasteiger partial charge is 0.343 e. The first-order valence-electron chi connectivity index (χ1n) is 9.91. The lowest BCUT2D eigenvalue weighted by Gasteiger charge is -2.21. The van der Waals surface area contributed by atoms with Gasteiger partial charge in [0.2, 0.25) is 5.91 Å². The number of rotatable bonds is 10. The van der Waals surface area contributed by atoms with Gasteiger partial charge in [0.25, 0.3) is 0 Å². The summed E-state index contributed by atoms with van der Waals surface area (Å²) in [6.45, 7) is 2.22. The van der Waals surface area contributed by atoms with Crippen molar-refractivity contribution >= 4 is 29.3 Å². The zero-order valence-electron chi connectivity index (χ0n) is 17.2. The summed E-state index contributed by atoms with van der Waals surface area (Å²) in [5.41, 5.74) is 1.38. The van der Waals surface area contributed by atoms with E-state index in [1.54, 1.807) is 31.2 Å². The number of carbonyl (C=O) groups is 2. The van der Waals surface area contributed by atoms with Gasteiger partial charge in [0.1, 0.15) is 6.54 Å². The lowest BCUT2D eigenvalue weighted by Crippen LogP contribution is -2.37. The van der Waals surface area contributed by atoms with Gasteiger partial charge in [0.15, 0.2) is 5.16 Å². The fourth-order valence-corrected chi connectivity index (χ4v) is 3.82. The van der Waals surface area contributed by atoms with Crippen LogP contribution < -0.4 is 10.6 Å². The van der Waals surface area contributed by atoms with Gasteiger partial charge in [-0.15, -0.1) is 5.10 Å². The van der Waals surface area contributed by atoms with Crippen molar-refractivity contribution in [3.05, 3.63) is 76.7 Å². The monoisotopic (exact) mass is 440 g/mol. The Morgan fingerprint density at radius 1 is 1.10 bits per heavy atom. The fourth-order valence-electron chi connectivity index (χ4n) is 2.97. The first kappa shape index (κ1) is 22.4. The molecule has 0 spiro atoms. The van der Waals surface area contributed by atoms with Crippen LogP contribution in [-0.2, 0) is 27.3 Å². The molecule has 0 atom stereocenters. The second kappa shape index (κ2) is 11.2. The Morgan fingerprint density at radius 2 is 1.77 bits per heavy atom. The molecule has 2 aromatic carbocycles. The molecule has 0 fully saturated rings. The minimum absolute atomic E-state index is 0.0178. The van der Waals surface area contributed by atoms with Crippen molar-refractivity contribution in [1.82, 2.24) is 14.8 Å². The van der Waals surface area contributed by atoms with E-state index in [-0.39, 0.29) is 30.5 Å². The number of benzene rings is 2. The van der Waals surface area contributed by atoms with Gasteiger partial charge >= 0.3 is 11.7 Å². The van der Waals surface area contributed by atoms with Crippen LogP contribution in [0.1, 0.15) is 12.5 Å². The number of aromatic amines is 1. The highest BCUT2D eigenvalue weighted by Crippen LogP contribution is 2.19. The quantitative estimate of drug-likeness (QED) is 0.384. The first-order chi connectivity index (χ1) is 15.1. The number of nitrogens with one attached hydrogen (secondary N) is 1. The van der Waals surface area contributed by atoms with Gasteiger partial charge in [-0.1, -0.05) is 60.3 Å². The maximum atomic E-state index is 12.9. The molecule has 1 heterocycles. The maximum absolute atomic E-state index is 12.9. The zero-order chi connectivity index (χ0) is 22.1. The predicted octanol–water partition coefficient (Wildman–Crippen LogP) is 2.50. The van der Waals surface area contributed by atoms with Gasteiger partial charge in [-0.05, 0) is 31.0 Å². The molecule has 0 radical (unpaired) electrons. The van der Waals surface area contributed by atoms with E-state index in [2.05, 4.69) is 10.2 Å². The lowest BCUT2D eigenvalue weighted by molar-refractivity contribution is -0.142. The molecular formula is C22H24N4O4S. The molecule has 0 saturated heterocycles. The number of thioether (sulfide) groups is 1. The van der Waals surface area contributed by atoms with E-state index in [9.17, 15) is 14.4 Å². The van der Waals surface area contributed by atoms with Crippen LogP contribution in [0.3, 0.4) is 0 Å². The molecule has 1 N–H and O–H groups in total. The molecule has 0 aliphatic carbocycles. The summed E-state index contributed by atoms with van der Waals surface area (Å²) in [7, 11) is 0. The standard InChI is InChI=1S/C22H24N4O4S/c1-2-30-20(28)15-26(18-11-7-4-8-12-18)19(27)16-31-22-24-23-21(29)25(22)14-13-17-9-5-3-6-10-17/h3-12H,2,13-16H2,1H3,(H,23,29). The largest absolute Gasteiger partial charge is 0.465 e. The summed E-state index contributed by atoms with van der Waals surface area (Å²) < 4.78 is 6.52. The Hall–Kier alpha value is -3.33. The number of esters is 1. The molecule has 0 bridgehead atoms. The van der Waals surface area contributed by atoms with Crippen molar-refractivity contribution in [1.29, 1.82) is 0 Å². The van der Waals surface area contributed by atoms with Crippen molar-refractivity contribution in [2.45, 2.75) is 25.0 Å². The van der Waals surface area contributed by atoms with Gasteiger partial charge in [0, 0.05) is 12.2 Å². The number of amides is 1. The molecule has 3 aromatic rings. The van der Waals surface area contributed by atoms with Crippen molar-refractivity contribution in [3.63, 3.8) is 0 Å². The van der Waals surface area contributed by atoms with Crippen LogP contribution >= 0.6 is 11.8 Å². The Labute approximate surface area is 184 Å². The Morgan fingerprint density at radius 3 is 2.45 bits per heavy atom. The van der Waals surface area contributed by atoms with E-state index >= 15 is 0 Å². The van der Waals surface area contributed by atoms with Gasteiger partial charge in [-0.3, -0.25) is 14.2 Å². The number of ether oxygens (including phenoxy) is 1. The number of para-hydroxylation sites is 1. The molecule has 8 nitrogen and oxygen atoms in total. The minimum atomic E-state index is -0.482. The Kier molecular flexibility index (Phi) is 8.05. The summed E-state index contributed by atoms with van der Waals surface area (Å²) in [6, 6.07) is 18.8.